The van der Waals surface area contributed by atoms with E-state index in [0.29, 0.717) is 44.3 Å². The summed E-state index contributed by atoms with van der Waals surface area (Å²) in [4.78, 5) is 14.6. The highest BCUT2D eigenvalue weighted by Crippen LogP contribution is 2.22. The molecular formula is C19H25N3O5S. The maximum absolute atomic E-state index is 12.9. The third kappa shape index (κ3) is 4.06. The van der Waals surface area contributed by atoms with Gasteiger partial charge in [-0.15, -0.1) is 0 Å². The number of methoxy groups -OCH3 is 1. The lowest BCUT2D eigenvalue weighted by atomic mass is 10.2. The fourth-order valence-corrected chi connectivity index (χ4v) is 4.66. The van der Waals surface area contributed by atoms with Crippen LogP contribution in [0.15, 0.2) is 41.4 Å². The Morgan fingerprint density at radius 2 is 1.93 bits per heavy atom. The van der Waals surface area contributed by atoms with Crippen LogP contribution in [0.5, 0.6) is 5.75 Å². The van der Waals surface area contributed by atoms with Crippen LogP contribution in [0.2, 0.25) is 0 Å². The monoisotopic (exact) mass is 407 g/mol. The van der Waals surface area contributed by atoms with Crippen molar-refractivity contribution in [2.75, 3.05) is 40.5 Å². The van der Waals surface area contributed by atoms with Crippen molar-refractivity contribution in [1.82, 2.24) is 13.8 Å². The average molecular weight is 407 g/mol. The Bertz CT molecular complexity index is 948. The van der Waals surface area contributed by atoms with E-state index >= 15 is 0 Å². The van der Waals surface area contributed by atoms with Crippen molar-refractivity contribution in [3.8, 4) is 5.75 Å². The second-order valence-electron chi connectivity index (χ2n) is 6.66. The van der Waals surface area contributed by atoms with E-state index in [9.17, 15) is 13.2 Å². The third-order valence-corrected chi connectivity index (χ3v) is 6.62. The summed E-state index contributed by atoms with van der Waals surface area (Å²) in [6.07, 6.45) is 1.48. The first-order valence-corrected chi connectivity index (χ1v) is 10.4. The molecule has 0 radical (unpaired) electrons. The number of carbonyl (C=O) groups is 1. The Kier molecular flexibility index (Phi) is 6.07. The number of morpholine rings is 1. The molecule has 152 valence electrons. The first-order chi connectivity index (χ1) is 13.3. The summed E-state index contributed by atoms with van der Waals surface area (Å²) in [5.41, 5.74) is 1.18. The predicted octanol–water partition coefficient (Wildman–Crippen LogP) is 1.33. The van der Waals surface area contributed by atoms with E-state index in [-0.39, 0.29) is 10.8 Å². The van der Waals surface area contributed by atoms with E-state index in [1.54, 1.807) is 30.7 Å². The van der Waals surface area contributed by atoms with Gasteiger partial charge >= 0.3 is 0 Å². The van der Waals surface area contributed by atoms with Gasteiger partial charge in [-0.05, 0) is 12.1 Å². The maximum Gasteiger partial charge on any atom is 0.270 e. The Balaban J connectivity index is 1.81. The quantitative estimate of drug-likeness (QED) is 0.722. The first kappa shape index (κ1) is 20.4. The number of nitrogens with zero attached hydrogens (tertiary/aromatic N) is 3. The minimum absolute atomic E-state index is 0.117. The lowest BCUT2D eigenvalue weighted by Gasteiger charge is -2.25. The number of amides is 1. The smallest absolute Gasteiger partial charge is 0.270 e. The van der Waals surface area contributed by atoms with Crippen molar-refractivity contribution < 1.29 is 22.7 Å². The predicted molar refractivity (Wildman–Crippen MR) is 104 cm³/mol. The normalized spacial score (nSPS) is 15.4. The zero-order valence-corrected chi connectivity index (χ0v) is 17.1. The summed E-state index contributed by atoms with van der Waals surface area (Å²) in [6.45, 7) is 1.72. The average Bonchev–Trinajstić information content (AvgIpc) is 3.11. The van der Waals surface area contributed by atoms with E-state index in [4.69, 9.17) is 9.47 Å². The van der Waals surface area contributed by atoms with Crippen molar-refractivity contribution in [3.05, 3.63) is 47.8 Å². The van der Waals surface area contributed by atoms with Crippen molar-refractivity contribution >= 4 is 15.9 Å². The molecule has 3 rings (SSSR count). The summed E-state index contributed by atoms with van der Waals surface area (Å²) < 4.78 is 39.2. The van der Waals surface area contributed by atoms with Gasteiger partial charge in [-0.1, -0.05) is 18.2 Å². The van der Waals surface area contributed by atoms with Crippen molar-refractivity contribution in [2.45, 2.75) is 11.4 Å². The molecule has 1 aromatic carbocycles. The van der Waals surface area contributed by atoms with Crippen LogP contribution < -0.4 is 4.74 Å². The van der Waals surface area contributed by atoms with Gasteiger partial charge in [0.2, 0.25) is 10.0 Å². The second kappa shape index (κ2) is 8.34. The third-order valence-electron chi connectivity index (χ3n) is 4.75. The van der Waals surface area contributed by atoms with E-state index in [0.717, 1.165) is 5.56 Å². The number of aryl methyl sites for hydroxylation is 1. The standard InChI is InChI=1S/C19H25N3O5S/c1-20-14-16(28(24,25)22-8-10-27-11-9-22)12-17(20)19(23)21(2)13-15-6-4-5-7-18(15)26-3/h4-7,12,14H,8-11,13H2,1-3H3. The molecule has 1 aliphatic rings. The summed E-state index contributed by atoms with van der Waals surface area (Å²) in [5.74, 6) is 0.432. The molecule has 0 bridgehead atoms. The molecule has 1 fully saturated rings. The molecule has 0 spiro atoms. The van der Waals surface area contributed by atoms with Crippen LogP contribution in [0.25, 0.3) is 0 Å². The highest BCUT2D eigenvalue weighted by molar-refractivity contribution is 7.89. The number of hydrogen-bond acceptors (Lipinski definition) is 5. The van der Waals surface area contributed by atoms with Gasteiger partial charge < -0.3 is 18.9 Å². The van der Waals surface area contributed by atoms with Gasteiger partial charge in [-0.2, -0.15) is 4.31 Å². The van der Waals surface area contributed by atoms with Gasteiger partial charge in [-0.3, -0.25) is 4.79 Å². The van der Waals surface area contributed by atoms with Crippen LogP contribution in [-0.2, 0) is 28.4 Å². The summed E-state index contributed by atoms with van der Waals surface area (Å²) in [7, 11) is 1.28. The molecule has 1 saturated heterocycles. The highest BCUT2D eigenvalue weighted by atomic mass is 32.2. The SMILES string of the molecule is COc1ccccc1CN(C)C(=O)c1cc(S(=O)(=O)N2CCOCC2)cn1C. The van der Waals surface area contributed by atoms with Gasteiger partial charge in [0.25, 0.3) is 5.91 Å². The molecule has 0 N–H and O–H groups in total. The van der Waals surface area contributed by atoms with Crippen LogP contribution in [-0.4, -0.2) is 68.6 Å². The minimum Gasteiger partial charge on any atom is -0.496 e. The Morgan fingerprint density at radius 1 is 1.25 bits per heavy atom. The second-order valence-corrected chi connectivity index (χ2v) is 8.60. The van der Waals surface area contributed by atoms with Gasteiger partial charge in [0.05, 0.1) is 20.3 Å². The van der Waals surface area contributed by atoms with Crippen LogP contribution in [0.4, 0.5) is 0 Å². The molecule has 0 saturated carbocycles. The van der Waals surface area contributed by atoms with Gasteiger partial charge in [-0.25, -0.2) is 8.42 Å². The molecule has 1 aromatic heterocycles. The minimum atomic E-state index is -3.65. The van der Waals surface area contributed by atoms with Gasteiger partial charge in [0.15, 0.2) is 0 Å². The molecule has 0 atom stereocenters. The Morgan fingerprint density at radius 3 is 2.61 bits per heavy atom. The molecule has 28 heavy (non-hydrogen) atoms. The largest absolute Gasteiger partial charge is 0.496 e. The van der Waals surface area contributed by atoms with Gasteiger partial charge in [0, 0.05) is 45.5 Å². The fourth-order valence-electron chi connectivity index (χ4n) is 3.18. The van der Waals surface area contributed by atoms with Crippen molar-refractivity contribution in [1.29, 1.82) is 0 Å². The molecule has 1 amide bonds. The van der Waals surface area contributed by atoms with Crippen LogP contribution in [0, 0.1) is 0 Å². The first-order valence-electron chi connectivity index (χ1n) is 8.96. The van der Waals surface area contributed by atoms with Crippen LogP contribution >= 0.6 is 0 Å². The Labute approximate surface area is 165 Å². The molecule has 8 nitrogen and oxygen atoms in total. The van der Waals surface area contributed by atoms with Crippen molar-refractivity contribution in [2.24, 2.45) is 7.05 Å². The molecule has 2 heterocycles. The van der Waals surface area contributed by atoms with E-state index in [1.165, 1.54) is 16.6 Å². The number of rotatable bonds is 6. The highest BCUT2D eigenvalue weighted by Gasteiger charge is 2.29. The molecule has 1 aliphatic heterocycles. The number of hydrogen-bond donors (Lipinski definition) is 0. The molecule has 2 aromatic rings. The maximum atomic E-state index is 12.9. The lowest BCUT2D eigenvalue weighted by molar-refractivity contribution is 0.0730. The fraction of sp³-hybridized carbons (Fsp3) is 0.421. The molecule has 0 aliphatic carbocycles. The van der Waals surface area contributed by atoms with Crippen LogP contribution in [0.1, 0.15) is 16.1 Å². The number of aromatic nitrogens is 1. The number of ether oxygens (including phenoxy) is 2. The molecular weight excluding hydrogens is 382 g/mol. The van der Waals surface area contributed by atoms with Crippen molar-refractivity contribution in [3.63, 3.8) is 0 Å². The zero-order valence-electron chi connectivity index (χ0n) is 16.3. The van der Waals surface area contributed by atoms with Crippen LogP contribution in [0.3, 0.4) is 0 Å². The topological polar surface area (TPSA) is 81.1 Å². The molecule has 9 heteroatoms. The Hall–Kier alpha value is -2.36. The zero-order chi connectivity index (χ0) is 20.3. The molecule has 0 unspecified atom stereocenters. The number of sulfonamides is 1. The number of para-hydroxylation sites is 1. The lowest BCUT2D eigenvalue weighted by Crippen LogP contribution is -2.40. The summed E-state index contributed by atoms with van der Waals surface area (Å²) in [6, 6.07) is 8.91. The van der Waals surface area contributed by atoms with Gasteiger partial charge in [0.1, 0.15) is 16.3 Å². The van der Waals surface area contributed by atoms with E-state index in [1.807, 2.05) is 24.3 Å². The van der Waals surface area contributed by atoms with E-state index < -0.39 is 10.0 Å². The van der Waals surface area contributed by atoms with E-state index in [2.05, 4.69) is 0 Å². The summed E-state index contributed by atoms with van der Waals surface area (Å²) >= 11 is 0. The number of carbonyl (C=O) groups excluding carboxylic acids is 1. The summed E-state index contributed by atoms with van der Waals surface area (Å²) in [5, 5.41) is 0. The number of benzene rings is 1.